The van der Waals surface area contributed by atoms with Gasteiger partial charge in [-0.05, 0) is 30.4 Å². The Morgan fingerprint density at radius 3 is 2.52 bits per heavy atom. The lowest BCUT2D eigenvalue weighted by Gasteiger charge is -2.35. The van der Waals surface area contributed by atoms with Gasteiger partial charge in [-0.1, -0.05) is 6.07 Å². The third-order valence-electron chi connectivity index (χ3n) is 4.77. The van der Waals surface area contributed by atoms with E-state index in [1.54, 1.807) is 0 Å². The van der Waals surface area contributed by atoms with Crippen LogP contribution >= 0.6 is 12.2 Å². The standard InChI is InChI=1S/C17H25FN4O3S2/c18-15-2-1-3-16(14-15)27(23,24)22-8-6-21(7-9-22)17(26)19-4-5-20-10-12-25-13-11-20/h1-3,14H,4-13H2,(H,19,26). The fraction of sp³-hybridized carbons (Fsp3) is 0.588. The SMILES string of the molecule is O=S(=O)(c1cccc(F)c1)N1CCN(C(=S)NCCN2CCOCC2)CC1. The van der Waals surface area contributed by atoms with Crippen molar-refractivity contribution in [3.8, 4) is 0 Å². The molecule has 27 heavy (non-hydrogen) atoms. The Hall–Kier alpha value is -1.33. The molecule has 2 saturated heterocycles. The van der Waals surface area contributed by atoms with E-state index < -0.39 is 15.8 Å². The van der Waals surface area contributed by atoms with Gasteiger partial charge in [-0.25, -0.2) is 12.8 Å². The highest BCUT2D eigenvalue weighted by Crippen LogP contribution is 2.18. The predicted octanol–water partition coefficient (Wildman–Crippen LogP) is 0.339. The monoisotopic (exact) mass is 416 g/mol. The molecule has 2 aliphatic rings. The zero-order valence-electron chi connectivity index (χ0n) is 15.1. The van der Waals surface area contributed by atoms with Crippen molar-refractivity contribution >= 4 is 27.4 Å². The number of piperazine rings is 1. The highest BCUT2D eigenvalue weighted by atomic mass is 32.2. The van der Waals surface area contributed by atoms with Gasteiger partial charge in [-0.15, -0.1) is 0 Å². The maximum atomic E-state index is 13.4. The largest absolute Gasteiger partial charge is 0.379 e. The molecule has 10 heteroatoms. The number of thiocarbonyl (C=S) groups is 1. The maximum absolute atomic E-state index is 13.4. The number of hydrogen-bond acceptors (Lipinski definition) is 5. The van der Waals surface area contributed by atoms with E-state index in [0.29, 0.717) is 31.3 Å². The van der Waals surface area contributed by atoms with Crippen LogP contribution in [0, 0.1) is 5.82 Å². The molecule has 7 nitrogen and oxygen atoms in total. The van der Waals surface area contributed by atoms with Gasteiger partial charge in [-0.3, -0.25) is 4.90 Å². The molecule has 3 rings (SSSR count). The molecular formula is C17H25FN4O3S2. The number of halogens is 1. The van der Waals surface area contributed by atoms with Crippen molar-refractivity contribution in [1.82, 2.24) is 19.4 Å². The van der Waals surface area contributed by atoms with Gasteiger partial charge in [0.15, 0.2) is 5.11 Å². The van der Waals surface area contributed by atoms with E-state index in [0.717, 1.165) is 45.5 Å². The Bertz CT molecular complexity index is 748. The fourth-order valence-electron chi connectivity index (χ4n) is 3.17. The molecule has 150 valence electrons. The Morgan fingerprint density at radius 2 is 1.85 bits per heavy atom. The van der Waals surface area contributed by atoms with Gasteiger partial charge in [0.1, 0.15) is 5.82 Å². The molecule has 0 radical (unpaired) electrons. The number of morpholine rings is 1. The van der Waals surface area contributed by atoms with E-state index >= 15 is 0 Å². The number of sulfonamides is 1. The lowest BCUT2D eigenvalue weighted by Crippen LogP contribution is -2.53. The van der Waals surface area contributed by atoms with E-state index in [-0.39, 0.29) is 4.90 Å². The highest BCUT2D eigenvalue weighted by Gasteiger charge is 2.29. The molecule has 0 atom stereocenters. The minimum atomic E-state index is -3.68. The lowest BCUT2D eigenvalue weighted by atomic mass is 10.3. The van der Waals surface area contributed by atoms with Gasteiger partial charge in [0, 0.05) is 52.4 Å². The van der Waals surface area contributed by atoms with E-state index in [2.05, 4.69) is 10.2 Å². The minimum absolute atomic E-state index is 0.0119. The van der Waals surface area contributed by atoms with Gasteiger partial charge in [0.05, 0.1) is 18.1 Å². The summed E-state index contributed by atoms with van der Waals surface area (Å²) < 4.78 is 45.3. The van der Waals surface area contributed by atoms with Crippen molar-refractivity contribution in [2.75, 3.05) is 65.6 Å². The first kappa shape index (κ1) is 20.4. The Kier molecular flexibility index (Phi) is 6.99. The molecule has 0 spiro atoms. The average molecular weight is 417 g/mol. The molecule has 0 unspecified atom stereocenters. The summed E-state index contributed by atoms with van der Waals surface area (Å²) >= 11 is 5.44. The molecule has 1 aromatic rings. The molecule has 1 aromatic carbocycles. The van der Waals surface area contributed by atoms with Crippen LogP contribution in [0.4, 0.5) is 4.39 Å². The maximum Gasteiger partial charge on any atom is 0.243 e. The van der Waals surface area contributed by atoms with Crippen molar-refractivity contribution in [3.63, 3.8) is 0 Å². The summed E-state index contributed by atoms with van der Waals surface area (Å²) in [5.74, 6) is -0.555. The van der Waals surface area contributed by atoms with Crippen LogP contribution < -0.4 is 5.32 Å². The number of nitrogens with zero attached hydrogens (tertiary/aromatic N) is 3. The summed E-state index contributed by atoms with van der Waals surface area (Å²) in [6, 6.07) is 5.12. The van der Waals surface area contributed by atoms with E-state index in [9.17, 15) is 12.8 Å². The van der Waals surface area contributed by atoms with Crippen LogP contribution in [0.2, 0.25) is 0 Å². The van der Waals surface area contributed by atoms with Crippen LogP contribution in [0.1, 0.15) is 0 Å². The summed E-state index contributed by atoms with van der Waals surface area (Å²) in [6.07, 6.45) is 0. The zero-order chi connectivity index (χ0) is 19.3. The summed E-state index contributed by atoms with van der Waals surface area (Å²) in [5.41, 5.74) is 0. The van der Waals surface area contributed by atoms with Crippen LogP contribution in [0.5, 0.6) is 0 Å². The number of benzene rings is 1. The second kappa shape index (κ2) is 9.24. The number of nitrogens with one attached hydrogen (secondary N) is 1. The molecular weight excluding hydrogens is 391 g/mol. The van der Waals surface area contributed by atoms with Crippen LogP contribution in [0.15, 0.2) is 29.2 Å². The van der Waals surface area contributed by atoms with Gasteiger partial charge in [0.2, 0.25) is 10.0 Å². The van der Waals surface area contributed by atoms with Crippen molar-refractivity contribution < 1.29 is 17.5 Å². The van der Waals surface area contributed by atoms with Gasteiger partial charge < -0.3 is 15.0 Å². The first-order valence-electron chi connectivity index (χ1n) is 9.05. The smallest absolute Gasteiger partial charge is 0.243 e. The van der Waals surface area contributed by atoms with Crippen LogP contribution in [0.25, 0.3) is 0 Å². The van der Waals surface area contributed by atoms with Crippen molar-refractivity contribution in [3.05, 3.63) is 30.1 Å². The van der Waals surface area contributed by atoms with E-state index in [1.165, 1.54) is 22.5 Å². The van der Waals surface area contributed by atoms with Crippen molar-refractivity contribution in [2.24, 2.45) is 0 Å². The average Bonchev–Trinajstić information content (AvgIpc) is 2.69. The highest BCUT2D eigenvalue weighted by molar-refractivity contribution is 7.89. The normalized spacial score (nSPS) is 19.8. The summed E-state index contributed by atoms with van der Waals surface area (Å²) in [5, 5.41) is 3.89. The molecule has 0 saturated carbocycles. The first-order chi connectivity index (χ1) is 13.0. The molecule has 2 heterocycles. The van der Waals surface area contributed by atoms with E-state index in [4.69, 9.17) is 17.0 Å². The third-order valence-corrected chi connectivity index (χ3v) is 7.06. The van der Waals surface area contributed by atoms with E-state index in [1.807, 2.05) is 4.90 Å². The molecule has 0 amide bonds. The third kappa shape index (κ3) is 5.35. The van der Waals surface area contributed by atoms with Gasteiger partial charge in [0.25, 0.3) is 0 Å². The summed E-state index contributed by atoms with van der Waals surface area (Å²) in [6.45, 7) is 6.73. The van der Waals surface area contributed by atoms with Crippen molar-refractivity contribution in [2.45, 2.75) is 4.90 Å². The first-order valence-corrected chi connectivity index (χ1v) is 10.9. The second-order valence-corrected chi connectivity index (χ2v) is 8.86. The van der Waals surface area contributed by atoms with Crippen LogP contribution in [0.3, 0.4) is 0 Å². The quantitative estimate of drug-likeness (QED) is 0.695. The molecule has 1 N–H and O–H groups in total. The summed E-state index contributed by atoms with van der Waals surface area (Å²) in [4.78, 5) is 4.29. The number of rotatable bonds is 5. The number of hydrogen-bond donors (Lipinski definition) is 1. The Morgan fingerprint density at radius 1 is 1.15 bits per heavy atom. The topological polar surface area (TPSA) is 65.1 Å². The van der Waals surface area contributed by atoms with Crippen LogP contribution in [-0.4, -0.2) is 93.2 Å². The predicted molar refractivity (Wildman–Crippen MR) is 105 cm³/mol. The second-order valence-electron chi connectivity index (χ2n) is 6.53. The fourth-order valence-corrected chi connectivity index (χ4v) is 4.90. The Labute approximate surface area is 165 Å². The van der Waals surface area contributed by atoms with Crippen molar-refractivity contribution in [1.29, 1.82) is 0 Å². The van der Waals surface area contributed by atoms with Gasteiger partial charge >= 0.3 is 0 Å². The molecule has 0 aromatic heterocycles. The summed E-state index contributed by atoms with van der Waals surface area (Å²) in [7, 11) is -3.68. The zero-order valence-corrected chi connectivity index (χ0v) is 16.8. The minimum Gasteiger partial charge on any atom is -0.379 e. The molecule has 0 bridgehead atoms. The van der Waals surface area contributed by atoms with Gasteiger partial charge in [-0.2, -0.15) is 4.31 Å². The number of ether oxygens (including phenoxy) is 1. The molecule has 0 aliphatic carbocycles. The Balaban J connectivity index is 1.46. The molecule has 2 fully saturated rings. The molecule has 2 aliphatic heterocycles. The van der Waals surface area contributed by atoms with Crippen LogP contribution in [-0.2, 0) is 14.8 Å². The lowest BCUT2D eigenvalue weighted by molar-refractivity contribution is 0.0388.